The number of pyridine rings is 2. The second-order valence-corrected chi connectivity index (χ2v) is 9.32. The smallest absolute Gasteiger partial charge is 0.251 e. The maximum atomic E-state index is 12.9. The van der Waals surface area contributed by atoms with Crippen molar-refractivity contribution in [3.8, 4) is 0 Å². The molecular formula is C26H24ClN3O2. The SMILES string of the molecule is O=c1cc(C2=CCc3ncc(N4CC5CCC(C4)O5)cc32)ccn1Cc1cccc(Cl)c1. The molecule has 5 nitrogen and oxygen atoms in total. The third-order valence-electron chi connectivity index (χ3n) is 6.70. The van der Waals surface area contributed by atoms with Crippen molar-refractivity contribution in [3.05, 3.63) is 98.7 Å². The lowest BCUT2D eigenvalue weighted by Crippen LogP contribution is -2.42. The van der Waals surface area contributed by atoms with E-state index >= 15 is 0 Å². The van der Waals surface area contributed by atoms with Crippen LogP contribution in [0.4, 0.5) is 5.69 Å². The third kappa shape index (κ3) is 3.65. The monoisotopic (exact) mass is 445 g/mol. The Kier molecular flexibility index (Phi) is 4.89. The fraction of sp³-hybridized carbons (Fsp3) is 0.308. The summed E-state index contributed by atoms with van der Waals surface area (Å²) in [7, 11) is 0. The van der Waals surface area contributed by atoms with Crippen LogP contribution in [0.3, 0.4) is 0 Å². The first-order valence-corrected chi connectivity index (χ1v) is 11.6. The summed E-state index contributed by atoms with van der Waals surface area (Å²) in [6.45, 7) is 2.35. The maximum absolute atomic E-state index is 12.9. The van der Waals surface area contributed by atoms with E-state index in [1.165, 1.54) is 0 Å². The van der Waals surface area contributed by atoms with Crippen molar-refractivity contribution in [1.82, 2.24) is 9.55 Å². The Hall–Kier alpha value is -2.89. The molecule has 0 spiro atoms. The topological polar surface area (TPSA) is 47.4 Å². The minimum Gasteiger partial charge on any atom is -0.371 e. The van der Waals surface area contributed by atoms with Gasteiger partial charge in [-0.15, -0.1) is 0 Å². The van der Waals surface area contributed by atoms with Crippen LogP contribution < -0.4 is 10.5 Å². The predicted molar refractivity (Wildman–Crippen MR) is 126 cm³/mol. The molecule has 2 fully saturated rings. The van der Waals surface area contributed by atoms with E-state index < -0.39 is 0 Å². The molecule has 3 aliphatic rings. The average Bonchev–Trinajstić information content (AvgIpc) is 3.37. The highest BCUT2D eigenvalue weighted by atomic mass is 35.5. The van der Waals surface area contributed by atoms with Crippen LogP contribution in [0.2, 0.25) is 5.02 Å². The van der Waals surface area contributed by atoms with Gasteiger partial charge in [0.2, 0.25) is 0 Å². The Morgan fingerprint density at radius 1 is 1.09 bits per heavy atom. The summed E-state index contributed by atoms with van der Waals surface area (Å²) >= 11 is 6.09. The largest absolute Gasteiger partial charge is 0.371 e. The number of hydrogen-bond donors (Lipinski definition) is 0. The molecule has 6 rings (SSSR count). The molecule has 4 heterocycles. The number of halogens is 1. The van der Waals surface area contributed by atoms with E-state index in [9.17, 15) is 4.79 Å². The Morgan fingerprint density at radius 2 is 1.94 bits per heavy atom. The van der Waals surface area contributed by atoms with E-state index in [1.807, 2.05) is 42.7 Å². The summed E-state index contributed by atoms with van der Waals surface area (Å²) in [5.41, 5.74) is 6.37. The van der Waals surface area contributed by atoms with Gasteiger partial charge in [0.05, 0.1) is 36.3 Å². The molecule has 2 bridgehead atoms. The van der Waals surface area contributed by atoms with Gasteiger partial charge in [-0.3, -0.25) is 9.78 Å². The standard InChI is InChI=1S/C26H24ClN3O2/c27-19-3-1-2-17(10-19)14-29-9-8-18(11-26(29)31)23-6-7-25-24(23)12-20(13-28-25)30-15-21-4-5-22(16-30)32-21/h1-3,6,8-13,21-22H,4-5,7,14-16H2. The molecule has 2 unspecified atom stereocenters. The number of anilines is 1. The number of aromatic nitrogens is 2. The van der Waals surface area contributed by atoms with Crippen molar-refractivity contribution in [2.24, 2.45) is 0 Å². The van der Waals surface area contributed by atoms with Crippen molar-refractivity contribution in [1.29, 1.82) is 0 Å². The minimum atomic E-state index is -0.0225. The molecule has 2 aliphatic heterocycles. The second-order valence-electron chi connectivity index (χ2n) is 8.88. The lowest BCUT2D eigenvalue weighted by molar-refractivity contribution is 0.0305. The van der Waals surface area contributed by atoms with Crippen LogP contribution >= 0.6 is 11.6 Å². The normalized spacial score (nSPS) is 21.5. The van der Waals surface area contributed by atoms with Gasteiger partial charge in [-0.2, -0.15) is 0 Å². The van der Waals surface area contributed by atoms with Crippen LogP contribution in [-0.2, 0) is 17.7 Å². The Balaban J connectivity index is 1.27. The fourth-order valence-electron chi connectivity index (χ4n) is 5.10. The van der Waals surface area contributed by atoms with Gasteiger partial charge in [-0.1, -0.05) is 29.8 Å². The number of nitrogens with zero attached hydrogens (tertiary/aromatic N) is 3. The summed E-state index contributed by atoms with van der Waals surface area (Å²) in [5, 5.41) is 0.677. The number of fused-ring (bicyclic) bond motifs is 3. The third-order valence-corrected chi connectivity index (χ3v) is 6.94. The van der Waals surface area contributed by atoms with Crippen molar-refractivity contribution < 1.29 is 4.74 Å². The molecule has 32 heavy (non-hydrogen) atoms. The van der Waals surface area contributed by atoms with Gasteiger partial charge in [-0.25, -0.2) is 0 Å². The van der Waals surface area contributed by atoms with Gasteiger partial charge >= 0.3 is 0 Å². The number of allylic oxidation sites excluding steroid dienone is 1. The molecule has 0 N–H and O–H groups in total. The van der Waals surface area contributed by atoms with Crippen molar-refractivity contribution >= 4 is 22.9 Å². The quantitative estimate of drug-likeness (QED) is 0.600. The highest BCUT2D eigenvalue weighted by Crippen LogP contribution is 2.35. The van der Waals surface area contributed by atoms with Gasteiger partial charge < -0.3 is 14.2 Å². The van der Waals surface area contributed by atoms with Crippen LogP contribution in [0.1, 0.15) is 35.2 Å². The van der Waals surface area contributed by atoms with Crippen LogP contribution in [-0.4, -0.2) is 34.8 Å². The van der Waals surface area contributed by atoms with Crippen LogP contribution in [0.5, 0.6) is 0 Å². The predicted octanol–water partition coefficient (Wildman–Crippen LogP) is 4.30. The first-order valence-electron chi connectivity index (χ1n) is 11.2. The average molecular weight is 446 g/mol. The summed E-state index contributed by atoms with van der Waals surface area (Å²) in [4.78, 5) is 20.0. The Labute approximate surface area is 191 Å². The molecule has 1 aromatic carbocycles. The van der Waals surface area contributed by atoms with Gasteiger partial charge in [0.15, 0.2) is 0 Å². The number of ether oxygens (including phenoxy) is 1. The van der Waals surface area contributed by atoms with E-state index in [0.717, 1.165) is 66.0 Å². The fourth-order valence-corrected chi connectivity index (χ4v) is 5.31. The van der Waals surface area contributed by atoms with Crippen LogP contribution in [0.15, 0.2) is 65.7 Å². The number of benzene rings is 1. The number of morpholine rings is 1. The highest BCUT2D eigenvalue weighted by Gasteiger charge is 2.34. The van der Waals surface area contributed by atoms with Crippen molar-refractivity contribution in [2.75, 3.05) is 18.0 Å². The van der Waals surface area contributed by atoms with Crippen molar-refractivity contribution in [2.45, 2.75) is 38.0 Å². The van der Waals surface area contributed by atoms with E-state index in [0.29, 0.717) is 23.8 Å². The molecule has 2 aromatic heterocycles. The molecular weight excluding hydrogens is 422 g/mol. The molecule has 3 aromatic rings. The molecule has 6 heteroatoms. The second kappa shape index (κ2) is 7.91. The summed E-state index contributed by atoms with van der Waals surface area (Å²) < 4.78 is 7.70. The highest BCUT2D eigenvalue weighted by molar-refractivity contribution is 6.30. The minimum absolute atomic E-state index is 0.0225. The molecule has 0 saturated carbocycles. The van der Waals surface area contributed by atoms with E-state index in [1.54, 1.807) is 10.6 Å². The number of rotatable bonds is 4. The van der Waals surface area contributed by atoms with Gasteiger partial charge in [0.25, 0.3) is 5.56 Å². The lowest BCUT2D eigenvalue weighted by atomic mass is 10.0. The summed E-state index contributed by atoms with van der Waals surface area (Å²) in [5.74, 6) is 0. The maximum Gasteiger partial charge on any atom is 0.251 e. The van der Waals surface area contributed by atoms with Gasteiger partial charge in [0, 0.05) is 42.4 Å². The van der Waals surface area contributed by atoms with Crippen LogP contribution in [0, 0.1) is 0 Å². The summed E-state index contributed by atoms with van der Waals surface area (Å²) in [6, 6.07) is 13.6. The van der Waals surface area contributed by atoms with Crippen molar-refractivity contribution in [3.63, 3.8) is 0 Å². The van der Waals surface area contributed by atoms with E-state index in [4.69, 9.17) is 21.3 Å². The van der Waals surface area contributed by atoms with E-state index in [-0.39, 0.29) is 5.56 Å². The zero-order valence-corrected chi connectivity index (χ0v) is 18.5. The zero-order chi connectivity index (χ0) is 21.7. The number of hydrogen-bond acceptors (Lipinski definition) is 4. The molecule has 2 atom stereocenters. The molecule has 0 radical (unpaired) electrons. The first-order chi connectivity index (χ1) is 15.6. The lowest BCUT2D eigenvalue weighted by Gasteiger charge is -2.33. The molecule has 0 amide bonds. The summed E-state index contributed by atoms with van der Waals surface area (Å²) in [6.07, 6.45) is 9.81. The zero-order valence-electron chi connectivity index (χ0n) is 17.7. The Morgan fingerprint density at radius 3 is 2.72 bits per heavy atom. The van der Waals surface area contributed by atoms with Gasteiger partial charge in [0.1, 0.15) is 0 Å². The van der Waals surface area contributed by atoms with Crippen LogP contribution in [0.25, 0.3) is 5.57 Å². The molecule has 162 valence electrons. The van der Waals surface area contributed by atoms with E-state index in [2.05, 4.69) is 17.0 Å². The molecule has 1 aliphatic carbocycles. The first kappa shape index (κ1) is 19.8. The van der Waals surface area contributed by atoms with Gasteiger partial charge in [-0.05, 0) is 53.8 Å². The molecule has 2 saturated heterocycles. The Bertz CT molecular complexity index is 1270.